The van der Waals surface area contributed by atoms with Gasteiger partial charge in [-0.05, 0) is 44.0 Å². The first-order chi connectivity index (χ1) is 17.3. The minimum atomic E-state index is -0.669. The van der Waals surface area contributed by atoms with Crippen molar-refractivity contribution in [1.82, 2.24) is 15.1 Å². The highest BCUT2D eigenvalue weighted by molar-refractivity contribution is 6.06. The molecule has 3 amide bonds. The molecule has 3 atom stereocenters. The zero-order valence-corrected chi connectivity index (χ0v) is 20.6. The number of halogens is 1. The second kappa shape index (κ2) is 9.99. The second-order valence-electron chi connectivity index (χ2n) is 9.96. The van der Waals surface area contributed by atoms with Crippen LogP contribution in [0.3, 0.4) is 0 Å². The number of ether oxygens (including phenoxy) is 1. The summed E-state index contributed by atoms with van der Waals surface area (Å²) in [5.41, 5.74) is 3.49. The Morgan fingerprint density at radius 3 is 2.61 bits per heavy atom. The average Bonchev–Trinajstić information content (AvgIpc) is 3.15. The normalized spacial score (nSPS) is 24.6. The van der Waals surface area contributed by atoms with E-state index in [2.05, 4.69) is 29.4 Å². The number of nitrogens with zero attached hydrogens (tertiary/aromatic N) is 2. The largest absolute Gasteiger partial charge is 0.381 e. The predicted octanol–water partition coefficient (Wildman–Crippen LogP) is 2.81. The molecule has 0 bridgehead atoms. The third kappa shape index (κ3) is 4.99. The molecule has 3 aliphatic heterocycles. The third-order valence-electron chi connectivity index (χ3n) is 7.07. The van der Waals surface area contributed by atoms with E-state index >= 15 is 0 Å². The van der Waals surface area contributed by atoms with E-state index in [0.29, 0.717) is 24.1 Å². The zero-order valence-electron chi connectivity index (χ0n) is 20.6. The van der Waals surface area contributed by atoms with E-state index in [0.717, 1.165) is 29.9 Å². The quantitative estimate of drug-likeness (QED) is 0.601. The van der Waals surface area contributed by atoms with Crippen LogP contribution >= 0.6 is 0 Å². The molecule has 8 nitrogen and oxygen atoms in total. The number of anilines is 1. The second-order valence-corrected chi connectivity index (χ2v) is 9.96. The lowest BCUT2D eigenvalue weighted by atomic mass is 10.0. The van der Waals surface area contributed by atoms with Gasteiger partial charge in [0.25, 0.3) is 5.91 Å². The third-order valence-corrected chi connectivity index (χ3v) is 7.07. The Morgan fingerprint density at radius 2 is 1.89 bits per heavy atom. The van der Waals surface area contributed by atoms with Crippen LogP contribution in [0.4, 0.5) is 10.1 Å². The lowest BCUT2D eigenvalue weighted by molar-refractivity contribution is -0.136. The number of nitrogens with one attached hydrogen (secondary N) is 2. The number of hydrogen-bond donors (Lipinski definition) is 2. The minimum Gasteiger partial charge on any atom is -0.381 e. The smallest absolute Gasteiger partial charge is 0.255 e. The van der Waals surface area contributed by atoms with Crippen molar-refractivity contribution in [3.8, 4) is 0 Å². The van der Waals surface area contributed by atoms with Crippen molar-refractivity contribution in [2.75, 3.05) is 18.4 Å². The molecule has 2 fully saturated rings. The first-order valence-corrected chi connectivity index (χ1v) is 12.4. The molecular formula is C27H31FN4O4. The van der Waals surface area contributed by atoms with Gasteiger partial charge in [-0.25, -0.2) is 4.39 Å². The number of rotatable bonds is 6. The predicted molar refractivity (Wildman–Crippen MR) is 131 cm³/mol. The van der Waals surface area contributed by atoms with Gasteiger partial charge in [-0.3, -0.25) is 24.6 Å². The van der Waals surface area contributed by atoms with Gasteiger partial charge in [0.2, 0.25) is 11.8 Å². The highest BCUT2D eigenvalue weighted by atomic mass is 19.1. The number of amides is 3. The van der Waals surface area contributed by atoms with Crippen molar-refractivity contribution in [3.05, 3.63) is 64.5 Å². The first-order valence-electron chi connectivity index (χ1n) is 12.4. The molecule has 9 heteroatoms. The number of imide groups is 1. The van der Waals surface area contributed by atoms with Gasteiger partial charge in [0, 0.05) is 61.5 Å². The molecule has 3 aliphatic rings. The van der Waals surface area contributed by atoms with Crippen LogP contribution in [0.25, 0.3) is 0 Å². The Morgan fingerprint density at radius 1 is 1.11 bits per heavy atom. The molecule has 0 spiro atoms. The fraction of sp³-hybridized carbons (Fsp3) is 0.444. The summed E-state index contributed by atoms with van der Waals surface area (Å²) < 4.78 is 20.7. The van der Waals surface area contributed by atoms with E-state index in [1.807, 2.05) is 12.1 Å². The first kappa shape index (κ1) is 24.4. The molecule has 0 radical (unpaired) electrons. The van der Waals surface area contributed by atoms with Gasteiger partial charge < -0.3 is 15.0 Å². The fourth-order valence-corrected chi connectivity index (χ4v) is 5.45. The van der Waals surface area contributed by atoms with Crippen LogP contribution in [-0.4, -0.2) is 58.9 Å². The molecule has 2 aromatic carbocycles. The Bertz CT molecular complexity index is 1190. The molecule has 5 rings (SSSR count). The van der Waals surface area contributed by atoms with Gasteiger partial charge in [-0.1, -0.05) is 18.2 Å². The Labute approximate surface area is 209 Å². The molecule has 190 valence electrons. The summed E-state index contributed by atoms with van der Waals surface area (Å²) in [6, 6.07) is 10.0. The van der Waals surface area contributed by atoms with Gasteiger partial charge in [-0.2, -0.15) is 0 Å². The van der Waals surface area contributed by atoms with Crippen LogP contribution in [0.15, 0.2) is 36.4 Å². The molecule has 3 unspecified atom stereocenters. The van der Waals surface area contributed by atoms with Crippen molar-refractivity contribution in [2.45, 2.75) is 64.6 Å². The van der Waals surface area contributed by atoms with E-state index in [1.54, 1.807) is 24.3 Å². The standard InChI is InChI=1S/C27H31FN4O4/c1-16-12-31(13-17(2)36-16)14-18-6-7-19(22(28)10-18)11-29-23-5-3-4-20-21(23)15-32(27(20)35)24-8-9-25(33)30-26(24)34/h3-7,10,16-17,24,29H,8-9,11-15H2,1-2H3,(H,30,33,34). The Kier molecular flexibility index (Phi) is 6.77. The summed E-state index contributed by atoms with van der Waals surface area (Å²) in [5, 5.41) is 5.59. The van der Waals surface area contributed by atoms with E-state index in [-0.39, 0.29) is 49.3 Å². The number of fused-ring (bicyclic) bond motifs is 1. The van der Waals surface area contributed by atoms with Crippen molar-refractivity contribution in [2.24, 2.45) is 0 Å². The average molecular weight is 495 g/mol. The van der Waals surface area contributed by atoms with Crippen LogP contribution in [0.5, 0.6) is 0 Å². The molecule has 0 saturated carbocycles. The number of hydrogen-bond acceptors (Lipinski definition) is 6. The van der Waals surface area contributed by atoms with Crippen LogP contribution in [0.2, 0.25) is 0 Å². The molecule has 36 heavy (non-hydrogen) atoms. The van der Waals surface area contributed by atoms with Crippen LogP contribution in [-0.2, 0) is 34.0 Å². The maximum atomic E-state index is 15.0. The molecule has 0 aromatic heterocycles. The van der Waals surface area contributed by atoms with E-state index in [4.69, 9.17) is 4.74 Å². The topological polar surface area (TPSA) is 91.0 Å². The highest BCUT2D eigenvalue weighted by Gasteiger charge is 2.39. The van der Waals surface area contributed by atoms with Gasteiger partial charge >= 0.3 is 0 Å². The Balaban J connectivity index is 1.25. The summed E-state index contributed by atoms with van der Waals surface area (Å²) in [5.74, 6) is -1.26. The number of morpholine rings is 1. The van der Waals surface area contributed by atoms with E-state index in [9.17, 15) is 18.8 Å². The Hall–Kier alpha value is -3.30. The van der Waals surface area contributed by atoms with Crippen LogP contribution in [0.1, 0.15) is 53.7 Å². The van der Waals surface area contributed by atoms with Crippen molar-refractivity contribution in [1.29, 1.82) is 0 Å². The van der Waals surface area contributed by atoms with E-state index in [1.165, 1.54) is 4.90 Å². The fourth-order valence-electron chi connectivity index (χ4n) is 5.45. The summed E-state index contributed by atoms with van der Waals surface area (Å²) in [6.45, 7) is 6.95. The molecular weight excluding hydrogens is 463 g/mol. The summed E-state index contributed by atoms with van der Waals surface area (Å²) in [6.07, 6.45) is 0.841. The number of carbonyl (C=O) groups is 3. The summed E-state index contributed by atoms with van der Waals surface area (Å²) >= 11 is 0. The molecule has 3 heterocycles. The lowest BCUT2D eigenvalue weighted by Gasteiger charge is -2.35. The summed E-state index contributed by atoms with van der Waals surface area (Å²) in [4.78, 5) is 40.6. The minimum absolute atomic E-state index is 0.160. The van der Waals surface area contributed by atoms with Gasteiger partial charge in [0.15, 0.2) is 0 Å². The number of piperidine rings is 1. The van der Waals surface area contributed by atoms with Crippen LogP contribution < -0.4 is 10.6 Å². The van der Waals surface area contributed by atoms with Gasteiger partial charge in [0.05, 0.1) is 12.2 Å². The number of carbonyl (C=O) groups excluding carboxylic acids is 3. The molecule has 0 aliphatic carbocycles. The number of benzene rings is 2. The maximum absolute atomic E-state index is 15.0. The SMILES string of the molecule is CC1CN(Cc2ccc(CNc3cccc4c3CN(C3CCC(=O)NC3=O)C4=O)c(F)c2)CC(C)O1. The van der Waals surface area contributed by atoms with Crippen LogP contribution in [0, 0.1) is 5.82 Å². The van der Waals surface area contributed by atoms with E-state index < -0.39 is 11.9 Å². The van der Waals surface area contributed by atoms with Crippen molar-refractivity contribution in [3.63, 3.8) is 0 Å². The highest BCUT2D eigenvalue weighted by Crippen LogP contribution is 2.32. The molecule has 2 N–H and O–H groups in total. The zero-order chi connectivity index (χ0) is 25.4. The molecule has 2 saturated heterocycles. The lowest BCUT2D eigenvalue weighted by Crippen LogP contribution is -2.52. The monoisotopic (exact) mass is 494 g/mol. The van der Waals surface area contributed by atoms with Gasteiger partial charge in [0.1, 0.15) is 11.9 Å². The molecule has 2 aromatic rings. The summed E-state index contributed by atoms with van der Waals surface area (Å²) in [7, 11) is 0. The maximum Gasteiger partial charge on any atom is 0.255 e. The van der Waals surface area contributed by atoms with Crippen molar-refractivity contribution >= 4 is 23.4 Å². The van der Waals surface area contributed by atoms with Crippen molar-refractivity contribution < 1.29 is 23.5 Å². The van der Waals surface area contributed by atoms with Gasteiger partial charge in [-0.15, -0.1) is 0 Å².